The molecule has 168 valence electrons. The number of nitrogens with zero attached hydrogens (tertiary/aromatic N) is 2. The molecule has 3 atom stereocenters. The highest BCUT2D eigenvalue weighted by Gasteiger charge is 2.44. The van der Waals surface area contributed by atoms with Crippen molar-refractivity contribution in [2.24, 2.45) is 4.99 Å². The summed E-state index contributed by atoms with van der Waals surface area (Å²) in [5.41, 5.74) is 0.130. The Kier molecular flexibility index (Phi) is 7.53. The molecule has 2 rings (SSSR count). The lowest BCUT2D eigenvalue weighted by molar-refractivity contribution is 0.0248. The predicted octanol–water partition coefficient (Wildman–Crippen LogP) is 5.15. The minimum absolute atomic E-state index is 0.0799. The van der Waals surface area contributed by atoms with Gasteiger partial charge in [0.05, 0.1) is 12.1 Å². The molecule has 6 nitrogen and oxygen atoms in total. The molecule has 1 aromatic rings. The number of rotatable bonds is 5. The van der Waals surface area contributed by atoms with Crippen molar-refractivity contribution in [2.75, 3.05) is 6.54 Å². The second kappa shape index (κ2) is 9.20. The van der Waals surface area contributed by atoms with E-state index in [1.165, 1.54) is 0 Å². The fraction of sp³-hybridized carbons (Fsp3) is 0.652. The molecule has 7 heteroatoms. The molecule has 0 aromatic heterocycles. The number of aliphatic hydroxyl groups is 1. The van der Waals surface area contributed by atoms with Gasteiger partial charge in [0, 0.05) is 18.3 Å². The zero-order valence-electron chi connectivity index (χ0n) is 19.7. The predicted molar refractivity (Wildman–Crippen MR) is 123 cm³/mol. The summed E-state index contributed by atoms with van der Waals surface area (Å²) in [7, 11) is -1.98. The van der Waals surface area contributed by atoms with Crippen molar-refractivity contribution in [2.45, 2.75) is 90.1 Å². The molecule has 0 spiro atoms. The molecular weight excluding hydrogens is 396 g/mol. The van der Waals surface area contributed by atoms with Gasteiger partial charge in [-0.25, -0.2) is 4.79 Å². The molecule has 0 aliphatic carbocycles. The smallest absolute Gasteiger partial charge is 0.410 e. The Labute approximate surface area is 182 Å². The summed E-state index contributed by atoms with van der Waals surface area (Å²) < 4.78 is 12.2. The van der Waals surface area contributed by atoms with Crippen LogP contribution in [0.5, 0.6) is 0 Å². The van der Waals surface area contributed by atoms with Crippen LogP contribution in [-0.2, 0) is 9.16 Å². The molecule has 1 fully saturated rings. The van der Waals surface area contributed by atoms with E-state index in [2.05, 4.69) is 38.9 Å². The average Bonchev–Trinajstić information content (AvgIpc) is 3.00. The molecule has 1 aliphatic heterocycles. The SMILES string of the molecule is CC(C)(C)OC(=O)N1C[C@H](O[Si](C)(C)C(C)(C)C)C[C@H]1C=NC(O)c1ccccc1. The van der Waals surface area contributed by atoms with Crippen LogP contribution in [0.25, 0.3) is 0 Å². The average molecular weight is 435 g/mol. The summed E-state index contributed by atoms with van der Waals surface area (Å²) in [6.07, 6.45) is 0.873. The van der Waals surface area contributed by atoms with Crippen LogP contribution >= 0.6 is 0 Å². The van der Waals surface area contributed by atoms with Crippen molar-refractivity contribution < 1.29 is 19.1 Å². The van der Waals surface area contributed by atoms with Crippen LogP contribution < -0.4 is 0 Å². The van der Waals surface area contributed by atoms with E-state index in [0.717, 1.165) is 0 Å². The van der Waals surface area contributed by atoms with Crippen molar-refractivity contribution >= 4 is 20.6 Å². The number of hydrogen-bond donors (Lipinski definition) is 1. The van der Waals surface area contributed by atoms with Gasteiger partial charge in [-0.3, -0.25) is 9.89 Å². The van der Waals surface area contributed by atoms with E-state index in [0.29, 0.717) is 18.5 Å². The zero-order valence-corrected chi connectivity index (χ0v) is 20.7. The Morgan fingerprint density at radius 1 is 1.20 bits per heavy atom. The molecule has 1 aromatic carbocycles. The summed E-state index contributed by atoms with van der Waals surface area (Å²) >= 11 is 0. The zero-order chi connectivity index (χ0) is 22.7. The number of likely N-dealkylation sites (tertiary alicyclic amines) is 1. The molecule has 1 N–H and O–H groups in total. The summed E-state index contributed by atoms with van der Waals surface area (Å²) in [6.45, 7) is 17.1. The van der Waals surface area contributed by atoms with Crippen LogP contribution in [-0.4, -0.2) is 54.9 Å². The molecule has 1 saturated heterocycles. The van der Waals surface area contributed by atoms with Crippen molar-refractivity contribution in [3.8, 4) is 0 Å². The van der Waals surface area contributed by atoms with Crippen LogP contribution in [0.4, 0.5) is 4.79 Å². The summed E-state index contributed by atoms with van der Waals surface area (Å²) in [5, 5.41) is 10.5. The summed E-state index contributed by atoms with van der Waals surface area (Å²) in [5.74, 6) is 0. The molecule has 1 amide bonds. The first-order chi connectivity index (χ1) is 13.7. The van der Waals surface area contributed by atoms with Gasteiger partial charge < -0.3 is 14.3 Å². The number of aliphatic imine (C=N–C) groups is 1. The quantitative estimate of drug-likeness (QED) is 0.514. The number of hydrogen-bond acceptors (Lipinski definition) is 5. The Bertz CT molecular complexity index is 738. The Morgan fingerprint density at radius 2 is 1.80 bits per heavy atom. The first-order valence-electron chi connectivity index (χ1n) is 10.6. The number of aliphatic hydroxyl groups excluding tert-OH is 1. The largest absolute Gasteiger partial charge is 0.444 e. The maximum Gasteiger partial charge on any atom is 0.410 e. The van der Waals surface area contributed by atoms with Gasteiger partial charge in [-0.1, -0.05) is 51.1 Å². The van der Waals surface area contributed by atoms with Crippen LogP contribution in [0.15, 0.2) is 35.3 Å². The first-order valence-corrected chi connectivity index (χ1v) is 13.5. The lowest BCUT2D eigenvalue weighted by Crippen LogP contribution is -2.45. The first kappa shape index (κ1) is 24.6. The minimum Gasteiger partial charge on any atom is -0.444 e. The highest BCUT2D eigenvalue weighted by Crippen LogP contribution is 2.39. The topological polar surface area (TPSA) is 71.4 Å². The van der Waals surface area contributed by atoms with E-state index in [1.54, 1.807) is 11.1 Å². The van der Waals surface area contributed by atoms with Crippen molar-refractivity contribution in [1.82, 2.24) is 4.90 Å². The molecule has 1 aliphatic rings. The maximum atomic E-state index is 12.8. The van der Waals surface area contributed by atoms with Crippen LogP contribution in [0.2, 0.25) is 18.1 Å². The standard InChI is InChI=1S/C23H38N2O4Si/c1-22(2,3)28-21(27)25-16-19(29-30(7,8)23(4,5)6)14-18(25)15-24-20(26)17-12-10-9-11-13-17/h9-13,15,18-20,26H,14,16H2,1-8H3/t18-,19+,20?/m0/s1. The van der Waals surface area contributed by atoms with E-state index < -0.39 is 20.1 Å². The number of carbonyl (C=O) groups excluding carboxylic acids is 1. The number of amides is 1. The lowest BCUT2D eigenvalue weighted by Gasteiger charge is -2.38. The van der Waals surface area contributed by atoms with Crippen molar-refractivity contribution in [1.29, 1.82) is 0 Å². The molecule has 0 radical (unpaired) electrons. The van der Waals surface area contributed by atoms with Crippen molar-refractivity contribution in [3.05, 3.63) is 35.9 Å². The Hall–Kier alpha value is -1.70. The second-order valence-electron chi connectivity index (χ2n) is 10.5. The second-order valence-corrected chi connectivity index (χ2v) is 15.3. The Morgan fingerprint density at radius 3 is 2.33 bits per heavy atom. The monoisotopic (exact) mass is 434 g/mol. The van der Waals surface area contributed by atoms with E-state index in [9.17, 15) is 9.90 Å². The van der Waals surface area contributed by atoms with Gasteiger partial charge in [0.15, 0.2) is 14.5 Å². The molecule has 0 bridgehead atoms. The third-order valence-corrected chi connectivity index (χ3v) is 10.2. The lowest BCUT2D eigenvalue weighted by atomic mass is 10.2. The summed E-state index contributed by atoms with van der Waals surface area (Å²) in [6, 6.07) is 8.98. The minimum atomic E-state index is -1.98. The van der Waals surface area contributed by atoms with E-state index in [1.807, 2.05) is 51.1 Å². The number of ether oxygens (including phenoxy) is 1. The van der Waals surface area contributed by atoms with Gasteiger partial charge in [0.1, 0.15) is 5.60 Å². The van der Waals surface area contributed by atoms with Crippen molar-refractivity contribution in [3.63, 3.8) is 0 Å². The number of benzene rings is 1. The maximum absolute atomic E-state index is 12.8. The fourth-order valence-electron chi connectivity index (χ4n) is 3.07. The fourth-order valence-corrected chi connectivity index (χ4v) is 4.43. The van der Waals surface area contributed by atoms with Gasteiger partial charge in [0.25, 0.3) is 0 Å². The van der Waals surface area contributed by atoms with E-state index >= 15 is 0 Å². The number of carbonyl (C=O) groups is 1. The third kappa shape index (κ3) is 6.65. The van der Waals surface area contributed by atoms with Gasteiger partial charge >= 0.3 is 6.09 Å². The molecule has 30 heavy (non-hydrogen) atoms. The van der Waals surface area contributed by atoms with Gasteiger partial charge in [0.2, 0.25) is 0 Å². The molecule has 0 saturated carbocycles. The van der Waals surface area contributed by atoms with Gasteiger partial charge in [-0.05, 0) is 45.3 Å². The molecule has 1 unspecified atom stereocenters. The molecule has 1 heterocycles. The van der Waals surface area contributed by atoms with Crippen LogP contribution in [0.1, 0.15) is 59.8 Å². The normalized spacial score (nSPS) is 21.8. The Balaban J connectivity index is 2.18. The highest BCUT2D eigenvalue weighted by atomic mass is 28.4. The van der Waals surface area contributed by atoms with E-state index in [4.69, 9.17) is 9.16 Å². The van der Waals surface area contributed by atoms with Gasteiger partial charge in [-0.15, -0.1) is 0 Å². The van der Waals surface area contributed by atoms with Gasteiger partial charge in [-0.2, -0.15) is 0 Å². The molecular formula is C23H38N2O4Si. The van der Waals surface area contributed by atoms with E-state index in [-0.39, 0.29) is 23.3 Å². The highest BCUT2D eigenvalue weighted by molar-refractivity contribution is 6.74. The third-order valence-electron chi connectivity index (χ3n) is 5.70. The van der Waals surface area contributed by atoms with Crippen LogP contribution in [0, 0.1) is 0 Å². The summed E-state index contributed by atoms with van der Waals surface area (Å²) in [4.78, 5) is 18.8. The van der Waals surface area contributed by atoms with Crippen LogP contribution in [0.3, 0.4) is 0 Å².